The number of imide groups is 2. The van der Waals surface area contributed by atoms with E-state index >= 15 is 0 Å². The Morgan fingerprint density at radius 1 is 0.740 bits per heavy atom. The number of hydrogen-bond donors (Lipinski definition) is 2. The van der Waals surface area contributed by atoms with Gasteiger partial charge < -0.3 is 24.7 Å². The van der Waals surface area contributed by atoms with Crippen LogP contribution in [-0.2, 0) is 38.4 Å². The van der Waals surface area contributed by atoms with Crippen LogP contribution in [0.3, 0.4) is 0 Å². The number of amides is 4. The monoisotopic (exact) mass is 1280 g/mol. The van der Waals surface area contributed by atoms with Crippen molar-refractivity contribution in [3.63, 3.8) is 0 Å². The normalized spacial score (nSPS) is 14.2. The van der Waals surface area contributed by atoms with Gasteiger partial charge in [0.15, 0.2) is 11.6 Å². The molecule has 0 radical (unpaired) electrons. The van der Waals surface area contributed by atoms with Gasteiger partial charge in [-0.1, -0.05) is 65.2 Å². The number of thioether (sulfide) groups is 2. The standard InChI is InChI=1S/C16H23NO4S.C11H19NO3S.C10H16N2O.C8H17N3.C5H5O.C3H9N.U/c1-3-5-7-8-9-11-22-13-12-14(18)17(16(13)20)21-15(19)10-6-4-2;1-2-3-4-5-6-7-16-9-8-10(13)12(15)11(9)14;1-4-7-8-9(13)10(11-5-2)12-6-3;1-4-9-8-10-6-5-7-11(2)3;1-2-3-4-5-6;1-4(2)3;/h2,13H,3,5-12H2,1H3;9,15H,2-8H2,1H3;1H,5-8H2,2-3H3,(H,11,12);4-7H2,1-3H3;1H,3-4H2;1-3H3;/q;;;;-1;;. The molecule has 0 bridgehead atoms. The summed E-state index contributed by atoms with van der Waals surface area (Å²) >= 11 is 2.95. The zero-order chi connectivity index (χ0) is 55.4. The number of terminal acetylenes is 3. The van der Waals surface area contributed by atoms with Crippen LogP contribution in [-0.4, -0.2) is 169 Å². The second-order valence-electron chi connectivity index (χ2n) is 16.5. The van der Waals surface area contributed by atoms with Crippen molar-refractivity contribution in [3.8, 4) is 37.0 Å². The first-order chi connectivity index (χ1) is 34.4. The fraction of sp³-hybridized carbons (Fsp3) is 0.717. The molecule has 0 aromatic rings. The van der Waals surface area contributed by atoms with Gasteiger partial charge >= 0.3 is 5.97 Å². The maximum absolute atomic E-state index is 12.1. The summed E-state index contributed by atoms with van der Waals surface area (Å²) in [6.07, 6.45) is 31.7. The molecule has 20 heteroatoms. The molecule has 2 N–H and O–H groups in total. The molecule has 0 aromatic heterocycles. The molecule has 0 spiro atoms. The summed E-state index contributed by atoms with van der Waals surface area (Å²) in [5.41, 5.74) is 0. The third-order valence-electron chi connectivity index (χ3n) is 8.91. The van der Waals surface area contributed by atoms with Gasteiger partial charge in [0.25, 0.3) is 23.6 Å². The number of aliphatic imine (C=N–C) groups is 3. The van der Waals surface area contributed by atoms with Gasteiger partial charge in [-0.3, -0.25) is 40.5 Å². The van der Waals surface area contributed by atoms with Crippen LogP contribution in [0, 0.1) is 68.1 Å². The summed E-state index contributed by atoms with van der Waals surface area (Å²) in [5, 5.41) is 12.0. The number of rotatable bonds is 29. The van der Waals surface area contributed by atoms with E-state index in [0.717, 1.165) is 56.8 Å². The first kappa shape index (κ1) is 78.1. The SMILES string of the molecule is C#CCCC(=O)C(=NCC)NCC.C#CCCC(=O)ON1C(=O)CC(SCCCCCCC)C1=O.C#CCC[C-]=O.CCCCCCCSC1CC(=O)N(O)C1=O.CCN=C=NCCCN(C)C.CN(C)C.[U]. The number of Topliss-reactive ketones (excluding diaryl/α,β-unsaturated/α-hetero) is 1. The molecule has 0 aliphatic carbocycles. The Bertz CT molecular complexity index is 1720. The number of hydrogen-bond acceptors (Lipinski definition) is 16. The van der Waals surface area contributed by atoms with Crippen molar-refractivity contribution in [1.29, 1.82) is 0 Å². The number of ketones is 1. The molecular weight excluding hydrogens is 1190 g/mol. The van der Waals surface area contributed by atoms with Crippen molar-refractivity contribution in [2.45, 2.75) is 167 Å². The van der Waals surface area contributed by atoms with Crippen molar-refractivity contribution >= 4 is 77.0 Å². The molecule has 2 fully saturated rings. The molecule has 17 nitrogen and oxygen atoms in total. The molecule has 2 unspecified atom stereocenters. The molecule has 2 aliphatic heterocycles. The number of unbranched alkanes of at least 4 members (excludes halogenated alkanes) is 9. The van der Waals surface area contributed by atoms with Crippen LogP contribution < -0.4 is 5.32 Å². The zero-order valence-electron chi connectivity index (χ0n) is 45.9. The Morgan fingerprint density at radius 2 is 1.25 bits per heavy atom. The van der Waals surface area contributed by atoms with Crippen LogP contribution in [0.5, 0.6) is 0 Å². The average molecular weight is 1280 g/mol. The molecule has 2 rings (SSSR count). The van der Waals surface area contributed by atoms with Crippen molar-refractivity contribution < 1.29 is 74.7 Å². The summed E-state index contributed by atoms with van der Waals surface area (Å²) in [6, 6.07) is 2.64. The van der Waals surface area contributed by atoms with E-state index in [4.69, 9.17) is 29.3 Å². The predicted octanol–water partition coefficient (Wildman–Crippen LogP) is 7.71. The van der Waals surface area contributed by atoms with E-state index in [2.05, 4.69) is 76.9 Å². The van der Waals surface area contributed by atoms with Gasteiger partial charge in [-0.2, -0.15) is 5.06 Å². The molecular formula is C53H89N8O9S2U-. The van der Waals surface area contributed by atoms with Crippen molar-refractivity contribution in [2.24, 2.45) is 15.0 Å². The minimum Gasteiger partial charge on any atom is -0.542 e. The van der Waals surface area contributed by atoms with E-state index in [-0.39, 0.29) is 72.9 Å². The van der Waals surface area contributed by atoms with Gasteiger partial charge in [0.05, 0.1) is 42.3 Å². The molecule has 2 atom stereocenters. The predicted molar refractivity (Wildman–Crippen MR) is 295 cm³/mol. The molecule has 412 valence electrons. The van der Waals surface area contributed by atoms with Gasteiger partial charge in [0.1, 0.15) is 0 Å². The first-order valence-corrected chi connectivity index (χ1v) is 27.2. The van der Waals surface area contributed by atoms with Gasteiger partial charge in [0, 0.05) is 70.0 Å². The van der Waals surface area contributed by atoms with Crippen molar-refractivity contribution in [3.05, 3.63) is 0 Å². The second-order valence-corrected chi connectivity index (χ2v) is 19.1. The Labute approximate surface area is 472 Å². The van der Waals surface area contributed by atoms with E-state index in [9.17, 15) is 33.6 Å². The van der Waals surface area contributed by atoms with Crippen LogP contribution in [0.1, 0.15) is 157 Å². The summed E-state index contributed by atoms with van der Waals surface area (Å²) < 4.78 is 0. The smallest absolute Gasteiger partial charge is 0.334 e. The molecule has 2 heterocycles. The van der Waals surface area contributed by atoms with E-state index in [1.54, 1.807) is 6.29 Å². The topological polar surface area (TPSA) is 211 Å². The Balaban J connectivity index is -0.000000270. The maximum atomic E-state index is 12.1. The van der Waals surface area contributed by atoms with Crippen LogP contribution in [0.2, 0.25) is 0 Å². The van der Waals surface area contributed by atoms with Gasteiger partial charge in [0.2, 0.25) is 0 Å². The fourth-order valence-electron chi connectivity index (χ4n) is 5.35. The number of hydroxylamine groups is 4. The van der Waals surface area contributed by atoms with Gasteiger partial charge in [-0.05, 0) is 99.7 Å². The first-order valence-electron chi connectivity index (χ1n) is 25.1. The number of carbonyl (C=O) groups is 6. The minimum atomic E-state index is -0.648. The summed E-state index contributed by atoms with van der Waals surface area (Å²) in [6.45, 7) is 14.2. The molecule has 4 amide bonds. The quantitative estimate of drug-likeness (QED) is 0.0140. The Kier molecular flexibility index (Phi) is 61.6. The zero-order valence-corrected chi connectivity index (χ0v) is 51.7. The minimum absolute atomic E-state index is 0. The molecule has 2 saturated heterocycles. The number of likely N-dealkylation sites (N-methyl/N-ethyl adjacent to an activating group) is 1. The summed E-state index contributed by atoms with van der Waals surface area (Å²) in [7, 11) is 10.1. The number of carbonyl (C=O) groups excluding carboxylic acids is 7. The van der Waals surface area contributed by atoms with Crippen molar-refractivity contribution in [1.82, 2.24) is 25.2 Å². The van der Waals surface area contributed by atoms with Crippen LogP contribution in [0.4, 0.5) is 0 Å². The number of nitrogens with zero attached hydrogens (tertiary/aromatic N) is 7. The van der Waals surface area contributed by atoms with Crippen LogP contribution >= 0.6 is 23.5 Å². The number of amidine groups is 1. The average Bonchev–Trinajstić information content (AvgIpc) is 3.75. The Hall–Kier alpha value is -3.75. The van der Waals surface area contributed by atoms with Gasteiger partial charge in [-0.25, -0.2) is 14.8 Å². The third kappa shape index (κ3) is 50.2. The fourth-order valence-corrected chi connectivity index (χ4v) is 7.66. The maximum Gasteiger partial charge on any atom is 0.334 e. The Morgan fingerprint density at radius 3 is 1.67 bits per heavy atom. The molecule has 73 heavy (non-hydrogen) atoms. The molecule has 2 aliphatic rings. The van der Waals surface area contributed by atoms with E-state index in [0.29, 0.717) is 49.7 Å². The summed E-state index contributed by atoms with van der Waals surface area (Å²) in [5.74, 6) is 6.77. The number of nitrogens with one attached hydrogen (secondary N) is 1. The van der Waals surface area contributed by atoms with Crippen molar-refractivity contribution in [2.75, 3.05) is 79.5 Å². The van der Waals surface area contributed by atoms with Crippen LogP contribution in [0.25, 0.3) is 0 Å². The third-order valence-corrected chi connectivity index (χ3v) is 11.5. The van der Waals surface area contributed by atoms with E-state index < -0.39 is 34.8 Å². The van der Waals surface area contributed by atoms with E-state index in [1.165, 1.54) is 68.5 Å². The van der Waals surface area contributed by atoms with Crippen LogP contribution in [0.15, 0.2) is 15.0 Å². The second kappa shape index (κ2) is 57.5. The summed E-state index contributed by atoms with van der Waals surface area (Å²) in [4.78, 5) is 99.2. The van der Waals surface area contributed by atoms with Gasteiger partial charge in [-0.15, -0.1) is 72.0 Å². The molecule has 0 saturated carbocycles. The van der Waals surface area contributed by atoms with E-state index in [1.807, 2.05) is 46.8 Å². The molecule has 0 aromatic carbocycles. The largest absolute Gasteiger partial charge is 0.542 e.